The fraction of sp³-hybridized carbons (Fsp3) is 0.364. The number of aromatic nitrogens is 4. The van der Waals surface area contributed by atoms with Gasteiger partial charge in [0.2, 0.25) is 0 Å². The first-order valence-corrected chi connectivity index (χ1v) is 9.37. The normalized spacial score (nSPS) is 16.6. The standard InChI is InChI=1S/2C8H12.2C3H3N2.2Ir/c2*1-2-4-6-8-7-5-3-1;2*1-2-4-5-3-1;;/h2*1-2,7-8H,3-6H2;2*1-3H;;/q;;2*-1;;/b2*2-1-,8-7?;;;;. The van der Waals surface area contributed by atoms with Gasteiger partial charge in [-0.25, -0.2) is 0 Å². The maximum absolute atomic E-state index is 3.47. The minimum absolute atomic E-state index is 0. The van der Waals surface area contributed by atoms with E-state index in [9.17, 15) is 0 Å². The van der Waals surface area contributed by atoms with Crippen LogP contribution in [0.1, 0.15) is 51.4 Å². The zero-order valence-corrected chi connectivity index (χ0v) is 21.0. The molecule has 2 aliphatic rings. The Bertz CT molecular complexity index is 447. The Balaban J connectivity index is 0. The van der Waals surface area contributed by atoms with Crippen LogP contribution in [-0.2, 0) is 40.2 Å². The summed E-state index contributed by atoms with van der Waals surface area (Å²) in [6, 6.07) is 3.56. The Morgan fingerprint density at radius 3 is 0.786 bits per heavy atom. The summed E-state index contributed by atoms with van der Waals surface area (Å²) in [5, 5.41) is 13.9. The molecule has 28 heavy (non-hydrogen) atoms. The average Bonchev–Trinajstić information content (AvgIpc) is 3.34. The molecule has 0 bridgehead atoms. The Kier molecular flexibility index (Phi) is 26.5. The van der Waals surface area contributed by atoms with Crippen molar-refractivity contribution in [2.45, 2.75) is 51.4 Å². The van der Waals surface area contributed by atoms with E-state index in [1.54, 1.807) is 36.9 Å². The van der Waals surface area contributed by atoms with E-state index in [0.717, 1.165) is 0 Å². The van der Waals surface area contributed by atoms with Crippen LogP contribution in [0.3, 0.4) is 0 Å². The third-order valence-electron chi connectivity index (χ3n) is 3.41. The van der Waals surface area contributed by atoms with Gasteiger partial charge in [0.15, 0.2) is 0 Å². The van der Waals surface area contributed by atoms with Gasteiger partial charge in [-0.3, -0.25) is 0 Å². The number of allylic oxidation sites excluding steroid dienone is 8. The van der Waals surface area contributed by atoms with Crippen molar-refractivity contribution >= 4 is 0 Å². The van der Waals surface area contributed by atoms with Gasteiger partial charge in [0.25, 0.3) is 0 Å². The summed E-state index contributed by atoms with van der Waals surface area (Å²) >= 11 is 0. The Morgan fingerprint density at radius 2 is 0.679 bits per heavy atom. The van der Waals surface area contributed by atoms with Gasteiger partial charge >= 0.3 is 0 Å². The summed E-state index contributed by atoms with van der Waals surface area (Å²) in [6.45, 7) is 0. The van der Waals surface area contributed by atoms with Crippen molar-refractivity contribution in [1.82, 2.24) is 20.4 Å². The van der Waals surface area contributed by atoms with Crippen LogP contribution in [0.4, 0.5) is 0 Å². The average molecular weight is 735 g/mol. The van der Waals surface area contributed by atoms with Crippen molar-refractivity contribution < 1.29 is 40.2 Å². The molecule has 0 saturated heterocycles. The fourth-order valence-electron chi connectivity index (χ4n) is 2.10. The summed E-state index contributed by atoms with van der Waals surface area (Å²) in [4.78, 5) is 0. The minimum Gasteiger partial charge on any atom is -0.582 e. The zero-order valence-electron chi connectivity index (χ0n) is 16.2. The van der Waals surface area contributed by atoms with E-state index in [2.05, 4.69) is 69.0 Å². The van der Waals surface area contributed by atoms with Gasteiger partial charge in [0.1, 0.15) is 0 Å². The largest absolute Gasteiger partial charge is 0.582 e. The van der Waals surface area contributed by atoms with Crippen molar-refractivity contribution in [2.75, 3.05) is 0 Å². The van der Waals surface area contributed by atoms with Gasteiger partial charge in [-0.1, -0.05) is 60.7 Å². The second kappa shape index (κ2) is 25.7. The molecule has 2 aromatic heterocycles. The van der Waals surface area contributed by atoms with Gasteiger partial charge < -0.3 is 20.4 Å². The predicted molar refractivity (Wildman–Crippen MR) is 109 cm³/mol. The van der Waals surface area contributed by atoms with Crippen LogP contribution in [0.5, 0.6) is 0 Å². The Morgan fingerprint density at radius 1 is 0.429 bits per heavy atom. The molecule has 2 aromatic rings. The summed E-state index contributed by atoms with van der Waals surface area (Å²) < 4.78 is 0. The summed E-state index contributed by atoms with van der Waals surface area (Å²) in [5.41, 5.74) is 0. The van der Waals surface area contributed by atoms with E-state index >= 15 is 0 Å². The van der Waals surface area contributed by atoms with Crippen LogP contribution in [0.25, 0.3) is 0 Å². The molecule has 0 unspecified atom stereocenters. The molecule has 0 spiro atoms. The molecule has 2 radical (unpaired) electrons. The molecule has 0 atom stereocenters. The van der Waals surface area contributed by atoms with Gasteiger partial charge in [-0.05, 0) is 51.4 Å². The minimum atomic E-state index is 0. The van der Waals surface area contributed by atoms with Gasteiger partial charge in [-0.15, -0.1) is 0 Å². The molecule has 4 nitrogen and oxygen atoms in total. The van der Waals surface area contributed by atoms with Crippen molar-refractivity contribution in [2.24, 2.45) is 0 Å². The predicted octanol–water partition coefficient (Wildman–Crippen LogP) is 5.42. The van der Waals surface area contributed by atoms with Crippen molar-refractivity contribution in [3.63, 3.8) is 0 Å². The summed E-state index contributed by atoms with van der Waals surface area (Å²) in [5.74, 6) is 0. The number of rotatable bonds is 0. The number of hydrogen-bond acceptors (Lipinski definition) is 2. The van der Waals surface area contributed by atoms with Crippen molar-refractivity contribution in [1.29, 1.82) is 0 Å². The van der Waals surface area contributed by atoms with Crippen molar-refractivity contribution in [3.05, 3.63) is 85.5 Å². The van der Waals surface area contributed by atoms with E-state index in [4.69, 9.17) is 0 Å². The second-order valence-corrected chi connectivity index (χ2v) is 5.64. The quantitative estimate of drug-likeness (QED) is 0.340. The van der Waals surface area contributed by atoms with E-state index in [0.29, 0.717) is 0 Å². The van der Waals surface area contributed by atoms with Crippen LogP contribution >= 0.6 is 0 Å². The van der Waals surface area contributed by atoms with E-state index in [1.165, 1.54) is 51.4 Å². The number of nitrogens with zero attached hydrogens (tertiary/aromatic N) is 4. The van der Waals surface area contributed by atoms with Crippen molar-refractivity contribution in [3.8, 4) is 0 Å². The molecule has 2 heterocycles. The molecule has 0 amide bonds. The SMILES string of the molecule is C1=CCC/C=C\CC1.C1=CCC/C=C\CC1.[Ir].[Ir].c1cn[n-]c1.c1cn[n-]c1. The molecule has 158 valence electrons. The van der Waals surface area contributed by atoms with E-state index in [1.807, 2.05) is 0 Å². The smallest absolute Gasteiger partial charge is 0.00194 e. The van der Waals surface area contributed by atoms with Crippen LogP contribution < -0.4 is 10.2 Å². The summed E-state index contributed by atoms with van der Waals surface area (Å²) in [6.07, 6.45) is 34.6. The van der Waals surface area contributed by atoms with Crippen LogP contribution in [-0.4, -0.2) is 10.2 Å². The molecule has 0 fully saturated rings. The second-order valence-electron chi connectivity index (χ2n) is 5.64. The fourth-order valence-corrected chi connectivity index (χ4v) is 2.10. The van der Waals surface area contributed by atoms with E-state index in [-0.39, 0.29) is 40.2 Å². The third kappa shape index (κ3) is 22.7. The van der Waals surface area contributed by atoms with Crippen LogP contribution in [0.15, 0.2) is 85.5 Å². The molecule has 0 aliphatic heterocycles. The molecule has 6 heteroatoms. The maximum Gasteiger partial charge on any atom is 0.00194 e. The van der Waals surface area contributed by atoms with Crippen LogP contribution in [0.2, 0.25) is 0 Å². The molecular weight excluding hydrogens is 705 g/mol. The summed E-state index contributed by atoms with van der Waals surface area (Å²) in [7, 11) is 0. The molecule has 0 N–H and O–H groups in total. The Labute approximate surface area is 196 Å². The van der Waals surface area contributed by atoms with Gasteiger partial charge in [-0.2, -0.15) is 12.4 Å². The molecule has 0 saturated carbocycles. The molecular formula is C22H30Ir2N4-2. The Hall–Kier alpha value is -1.32. The first-order chi connectivity index (χ1) is 13.0. The molecule has 2 aliphatic carbocycles. The maximum atomic E-state index is 3.47. The molecule has 0 aromatic carbocycles. The first-order valence-electron chi connectivity index (χ1n) is 9.37. The van der Waals surface area contributed by atoms with Gasteiger partial charge in [0, 0.05) is 52.6 Å². The molecule has 4 rings (SSSR count). The van der Waals surface area contributed by atoms with Gasteiger partial charge in [0.05, 0.1) is 0 Å². The van der Waals surface area contributed by atoms with E-state index < -0.39 is 0 Å². The monoisotopic (exact) mass is 736 g/mol. The van der Waals surface area contributed by atoms with Crippen LogP contribution in [0, 0.1) is 0 Å². The topological polar surface area (TPSA) is 54.0 Å². The zero-order chi connectivity index (χ0) is 18.4. The number of hydrogen-bond donors (Lipinski definition) is 0. The first kappa shape index (κ1) is 28.9. The third-order valence-corrected chi connectivity index (χ3v) is 3.41.